The van der Waals surface area contributed by atoms with E-state index in [0.717, 1.165) is 19.6 Å². The molecule has 0 amide bonds. The predicted octanol–water partition coefficient (Wildman–Crippen LogP) is 5.00. The zero-order valence-electron chi connectivity index (χ0n) is 14.8. The van der Waals surface area contributed by atoms with Crippen LogP contribution >= 0.6 is 11.3 Å². The molecule has 1 unspecified atom stereocenters. The maximum Gasteiger partial charge on any atom is 0.0517 e. The highest BCUT2D eigenvalue weighted by molar-refractivity contribution is 7.10. The molecule has 1 aromatic heterocycles. The second-order valence-corrected chi connectivity index (χ2v) is 6.92. The van der Waals surface area contributed by atoms with E-state index in [9.17, 15) is 0 Å². The Morgan fingerprint density at radius 2 is 1.76 bits per heavy atom. The lowest BCUT2D eigenvalue weighted by atomic mass is 9.79. The lowest BCUT2D eigenvalue weighted by Gasteiger charge is -2.48. The molecule has 1 rings (SSSR count). The first-order valence-electron chi connectivity index (χ1n) is 8.63. The number of nitrogens with zero attached hydrogens (tertiary/aromatic N) is 1. The molecule has 1 heterocycles. The average Bonchev–Trinajstić information content (AvgIpc) is 2.92. The van der Waals surface area contributed by atoms with Crippen LogP contribution in [0, 0.1) is 6.92 Å². The Morgan fingerprint density at radius 3 is 2.14 bits per heavy atom. The largest absolute Gasteiger partial charge is 0.308 e. The van der Waals surface area contributed by atoms with Crippen LogP contribution in [0.2, 0.25) is 0 Å². The zero-order valence-corrected chi connectivity index (χ0v) is 15.6. The minimum Gasteiger partial charge on any atom is -0.308 e. The van der Waals surface area contributed by atoms with Crippen molar-refractivity contribution in [1.82, 2.24) is 10.2 Å². The number of aryl methyl sites for hydroxylation is 1. The minimum atomic E-state index is 0.213. The van der Waals surface area contributed by atoms with Crippen molar-refractivity contribution in [2.75, 3.05) is 19.6 Å². The summed E-state index contributed by atoms with van der Waals surface area (Å²) in [6, 6.07) is 2.76. The van der Waals surface area contributed by atoms with Gasteiger partial charge >= 0.3 is 0 Å². The third-order valence-electron chi connectivity index (χ3n) is 4.96. The van der Waals surface area contributed by atoms with Crippen molar-refractivity contribution in [2.24, 2.45) is 0 Å². The van der Waals surface area contributed by atoms with E-state index in [0.29, 0.717) is 6.04 Å². The third-order valence-corrected chi connectivity index (χ3v) is 5.82. The molecule has 1 atom stereocenters. The van der Waals surface area contributed by atoms with E-state index >= 15 is 0 Å². The highest BCUT2D eigenvalue weighted by Gasteiger charge is 2.41. The second kappa shape index (κ2) is 8.92. The van der Waals surface area contributed by atoms with Gasteiger partial charge in [-0.1, -0.05) is 34.6 Å². The van der Waals surface area contributed by atoms with Gasteiger partial charge in [0, 0.05) is 10.4 Å². The van der Waals surface area contributed by atoms with Crippen LogP contribution in [-0.4, -0.2) is 30.1 Å². The summed E-state index contributed by atoms with van der Waals surface area (Å²) in [5, 5.41) is 6.11. The zero-order chi connectivity index (χ0) is 15.9. The first kappa shape index (κ1) is 18.7. The Morgan fingerprint density at radius 1 is 1.14 bits per heavy atom. The summed E-state index contributed by atoms with van der Waals surface area (Å²) in [6.07, 6.45) is 3.55. The highest BCUT2D eigenvalue weighted by atomic mass is 32.1. The van der Waals surface area contributed by atoms with E-state index in [-0.39, 0.29) is 5.54 Å². The van der Waals surface area contributed by atoms with E-state index in [4.69, 9.17) is 0 Å². The first-order chi connectivity index (χ1) is 10.1. The molecule has 2 nitrogen and oxygen atoms in total. The van der Waals surface area contributed by atoms with Gasteiger partial charge in [0.25, 0.3) is 0 Å². The molecule has 21 heavy (non-hydrogen) atoms. The van der Waals surface area contributed by atoms with Crippen LogP contribution in [-0.2, 0) is 0 Å². The summed E-state index contributed by atoms with van der Waals surface area (Å²) in [5.41, 5.74) is 1.72. The van der Waals surface area contributed by atoms with Crippen molar-refractivity contribution < 1.29 is 0 Å². The Balaban J connectivity index is 3.26. The molecule has 0 aliphatic rings. The van der Waals surface area contributed by atoms with Crippen molar-refractivity contribution in [1.29, 1.82) is 0 Å². The van der Waals surface area contributed by atoms with Crippen molar-refractivity contribution >= 4 is 11.3 Å². The van der Waals surface area contributed by atoms with Crippen LogP contribution in [0.15, 0.2) is 11.4 Å². The molecule has 0 aromatic carbocycles. The summed E-state index contributed by atoms with van der Waals surface area (Å²) < 4.78 is 0. The van der Waals surface area contributed by atoms with E-state index in [2.05, 4.69) is 63.2 Å². The van der Waals surface area contributed by atoms with Crippen molar-refractivity contribution in [3.05, 3.63) is 21.9 Å². The molecule has 0 saturated heterocycles. The summed E-state index contributed by atoms with van der Waals surface area (Å²) in [7, 11) is 0. The van der Waals surface area contributed by atoms with Gasteiger partial charge in [-0.15, -0.1) is 11.3 Å². The predicted molar refractivity (Wildman–Crippen MR) is 96.3 cm³/mol. The van der Waals surface area contributed by atoms with Gasteiger partial charge < -0.3 is 5.32 Å². The number of rotatable bonds is 10. The molecule has 0 spiro atoms. The molecule has 3 heteroatoms. The minimum absolute atomic E-state index is 0.213. The van der Waals surface area contributed by atoms with Crippen LogP contribution in [0.25, 0.3) is 0 Å². The maximum atomic E-state index is 3.87. The molecule has 0 bridgehead atoms. The van der Waals surface area contributed by atoms with Gasteiger partial charge in [-0.25, -0.2) is 0 Å². The number of hydrogen-bond donors (Lipinski definition) is 1. The van der Waals surface area contributed by atoms with Crippen LogP contribution in [0.1, 0.15) is 70.4 Å². The molecule has 122 valence electrons. The molecule has 0 saturated carbocycles. The van der Waals surface area contributed by atoms with Gasteiger partial charge in [-0.05, 0) is 62.8 Å². The van der Waals surface area contributed by atoms with Gasteiger partial charge in [0.1, 0.15) is 0 Å². The second-order valence-electron chi connectivity index (χ2n) is 5.80. The molecule has 0 aliphatic heterocycles. The van der Waals surface area contributed by atoms with E-state index in [1.807, 2.05) is 11.3 Å². The molecule has 1 N–H and O–H groups in total. The number of hydrogen-bond acceptors (Lipinski definition) is 3. The summed E-state index contributed by atoms with van der Waals surface area (Å²) in [5.74, 6) is 0. The number of nitrogens with one attached hydrogen (secondary N) is 1. The molecule has 0 radical (unpaired) electrons. The standard InChI is InChI=1S/C18H34N2S/c1-7-13-19-17(16-12-14-21-15(16)6)18(8-2,9-3)20(10-4)11-5/h12,14,17,19H,7-11,13H2,1-6H3. The quantitative estimate of drug-likeness (QED) is 0.654. The Labute approximate surface area is 135 Å². The van der Waals surface area contributed by atoms with Crippen LogP contribution in [0.3, 0.4) is 0 Å². The van der Waals surface area contributed by atoms with Gasteiger partial charge in [-0.3, -0.25) is 4.90 Å². The fourth-order valence-corrected chi connectivity index (χ4v) is 4.45. The lowest BCUT2D eigenvalue weighted by Crippen LogP contribution is -2.56. The first-order valence-corrected chi connectivity index (χ1v) is 9.51. The maximum absolute atomic E-state index is 3.87. The van der Waals surface area contributed by atoms with Crippen LogP contribution < -0.4 is 5.32 Å². The van der Waals surface area contributed by atoms with Gasteiger partial charge in [0.05, 0.1) is 6.04 Å². The molecular weight excluding hydrogens is 276 g/mol. The summed E-state index contributed by atoms with van der Waals surface area (Å²) in [4.78, 5) is 4.12. The molecular formula is C18H34N2S. The van der Waals surface area contributed by atoms with Crippen molar-refractivity contribution in [3.63, 3.8) is 0 Å². The topological polar surface area (TPSA) is 15.3 Å². The number of thiophene rings is 1. The summed E-state index contributed by atoms with van der Waals surface area (Å²) >= 11 is 1.87. The average molecular weight is 311 g/mol. The van der Waals surface area contributed by atoms with E-state index in [1.165, 1.54) is 29.7 Å². The Bertz CT molecular complexity index is 392. The number of likely N-dealkylation sites (N-methyl/N-ethyl adjacent to an activating group) is 1. The van der Waals surface area contributed by atoms with Crippen LogP contribution in [0.5, 0.6) is 0 Å². The molecule has 0 aliphatic carbocycles. The van der Waals surface area contributed by atoms with Crippen molar-refractivity contribution in [3.8, 4) is 0 Å². The van der Waals surface area contributed by atoms with Gasteiger partial charge in [-0.2, -0.15) is 0 Å². The van der Waals surface area contributed by atoms with E-state index < -0.39 is 0 Å². The van der Waals surface area contributed by atoms with Gasteiger partial charge in [0.15, 0.2) is 0 Å². The SMILES string of the molecule is CCCNC(c1ccsc1C)C(CC)(CC)N(CC)CC. The molecule has 1 aromatic rings. The van der Waals surface area contributed by atoms with Crippen molar-refractivity contribution in [2.45, 2.75) is 72.4 Å². The van der Waals surface area contributed by atoms with Crippen LogP contribution in [0.4, 0.5) is 0 Å². The van der Waals surface area contributed by atoms with Gasteiger partial charge in [0.2, 0.25) is 0 Å². The Kier molecular flexibility index (Phi) is 7.93. The smallest absolute Gasteiger partial charge is 0.0517 e. The third kappa shape index (κ3) is 3.88. The highest BCUT2D eigenvalue weighted by Crippen LogP contribution is 2.39. The Hall–Kier alpha value is -0.380. The monoisotopic (exact) mass is 310 g/mol. The fourth-order valence-electron chi connectivity index (χ4n) is 3.71. The molecule has 0 fully saturated rings. The van der Waals surface area contributed by atoms with E-state index in [1.54, 1.807) is 0 Å². The normalized spacial score (nSPS) is 13.9. The fraction of sp³-hybridized carbons (Fsp3) is 0.778. The summed E-state index contributed by atoms with van der Waals surface area (Å²) in [6.45, 7) is 17.1. The lowest BCUT2D eigenvalue weighted by molar-refractivity contribution is 0.0487.